The van der Waals surface area contributed by atoms with Gasteiger partial charge < -0.3 is 30.9 Å². The molecule has 1 saturated carbocycles. The van der Waals surface area contributed by atoms with Crippen molar-refractivity contribution in [3.05, 3.63) is 48.6 Å². The van der Waals surface area contributed by atoms with Gasteiger partial charge in [-0.25, -0.2) is 9.59 Å². The van der Waals surface area contributed by atoms with Crippen LogP contribution in [0.15, 0.2) is 43.0 Å². The number of urea groups is 1. The molecular weight excluding hydrogens is 638 g/mol. The number of benzene rings is 1. The van der Waals surface area contributed by atoms with Crippen LogP contribution in [0.3, 0.4) is 0 Å². The first-order valence-electron chi connectivity index (χ1n) is 18.0. The van der Waals surface area contributed by atoms with Crippen LogP contribution >= 0.6 is 0 Å². The van der Waals surface area contributed by atoms with E-state index in [2.05, 4.69) is 27.8 Å². The van der Waals surface area contributed by atoms with Gasteiger partial charge in [-0.15, -0.1) is 6.58 Å². The van der Waals surface area contributed by atoms with Crippen LogP contribution in [0.25, 0.3) is 0 Å². The molecule has 0 spiro atoms. The van der Waals surface area contributed by atoms with Gasteiger partial charge >= 0.3 is 12.0 Å². The van der Waals surface area contributed by atoms with Crippen molar-refractivity contribution in [2.45, 2.75) is 117 Å². The van der Waals surface area contributed by atoms with Gasteiger partial charge in [-0.2, -0.15) is 0 Å². The maximum Gasteiger partial charge on any atom is 0.329 e. The van der Waals surface area contributed by atoms with E-state index in [4.69, 9.17) is 4.74 Å². The minimum atomic E-state index is -1.05. The standard InChI is InChI=1S/C38H57N5O7/c1-8-15-28(31(44)34(46)39-20-9-2)40-33(45)29-21-27(24(3)4)22-43(29)35(47)32(38(5,6)7)42-37(49)41-30(26-18-13-14-19-26)36(48)50-23-25-16-11-10-12-17-25/h9-12,16-17,24,26-30,32H,2,8,13-15,18-23H2,1,3-7H3,(H,39,46)(H,40,45)(H2,41,42,49)/t27-,28?,29+,30+,32-/m1/s1. The predicted molar refractivity (Wildman–Crippen MR) is 190 cm³/mol. The number of hydrogen-bond acceptors (Lipinski definition) is 7. The molecule has 0 aromatic heterocycles. The molecule has 1 saturated heterocycles. The molecule has 2 aliphatic rings. The van der Waals surface area contributed by atoms with Gasteiger partial charge in [0.2, 0.25) is 17.6 Å². The Kier molecular flexibility index (Phi) is 15.0. The molecule has 0 bridgehead atoms. The van der Waals surface area contributed by atoms with E-state index in [1.165, 1.54) is 11.0 Å². The lowest BCUT2D eigenvalue weighted by Crippen LogP contribution is -2.61. The number of Topliss-reactive ketones (excluding diaryl/α,β-unsaturated/α-hetero) is 1. The van der Waals surface area contributed by atoms with Crippen LogP contribution in [0.4, 0.5) is 4.79 Å². The largest absolute Gasteiger partial charge is 0.459 e. The molecule has 5 amide bonds. The number of hydrogen-bond donors (Lipinski definition) is 4. The highest BCUT2D eigenvalue weighted by molar-refractivity contribution is 6.38. The van der Waals surface area contributed by atoms with Crippen LogP contribution in [-0.4, -0.2) is 77.7 Å². The Hall–Kier alpha value is -4.22. The molecule has 1 aromatic carbocycles. The summed E-state index contributed by atoms with van der Waals surface area (Å²) in [5.74, 6) is -3.02. The van der Waals surface area contributed by atoms with E-state index in [-0.39, 0.29) is 43.9 Å². The summed E-state index contributed by atoms with van der Waals surface area (Å²) in [5.41, 5.74) is 0.0607. The minimum absolute atomic E-state index is 0.00788. The van der Waals surface area contributed by atoms with Gasteiger partial charge in [-0.05, 0) is 54.4 Å². The molecule has 0 radical (unpaired) electrons. The highest BCUT2D eigenvalue weighted by Crippen LogP contribution is 2.33. The number of likely N-dealkylation sites (tertiary alicyclic amines) is 1. The van der Waals surface area contributed by atoms with Gasteiger partial charge in [0.1, 0.15) is 24.7 Å². The second-order valence-electron chi connectivity index (χ2n) is 15.0. The average Bonchev–Trinajstić information content (AvgIpc) is 3.78. The summed E-state index contributed by atoms with van der Waals surface area (Å²) in [4.78, 5) is 82.0. The Balaban J connectivity index is 1.79. The van der Waals surface area contributed by atoms with Gasteiger partial charge in [0.25, 0.3) is 5.91 Å². The number of carbonyl (C=O) groups excluding carboxylic acids is 6. The number of ether oxygens (including phenoxy) is 1. The molecule has 12 nitrogen and oxygen atoms in total. The van der Waals surface area contributed by atoms with E-state index >= 15 is 0 Å². The Morgan fingerprint density at radius 3 is 2.22 bits per heavy atom. The zero-order chi connectivity index (χ0) is 37.0. The van der Waals surface area contributed by atoms with Crippen molar-refractivity contribution in [1.82, 2.24) is 26.2 Å². The lowest BCUT2D eigenvalue weighted by Gasteiger charge is -2.36. The number of amides is 5. The van der Waals surface area contributed by atoms with E-state index in [1.807, 2.05) is 71.9 Å². The number of nitrogens with zero attached hydrogens (tertiary/aromatic N) is 1. The molecule has 12 heteroatoms. The zero-order valence-electron chi connectivity index (χ0n) is 30.6. The van der Waals surface area contributed by atoms with E-state index in [1.54, 1.807) is 0 Å². The van der Waals surface area contributed by atoms with E-state index < -0.39 is 65.1 Å². The molecule has 1 unspecified atom stereocenters. The highest BCUT2D eigenvalue weighted by Gasteiger charge is 2.46. The molecular formula is C38H57N5O7. The van der Waals surface area contributed by atoms with Crippen LogP contribution in [0.5, 0.6) is 0 Å². The van der Waals surface area contributed by atoms with Crippen LogP contribution < -0.4 is 21.3 Å². The first kappa shape index (κ1) is 40.2. The summed E-state index contributed by atoms with van der Waals surface area (Å²) in [5, 5.41) is 10.9. The van der Waals surface area contributed by atoms with Crippen molar-refractivity contribution in [2.75, 3.05) is 13.1 Å². The van der Waals surface area contributed by atoms with Crippen LogP contribution in [0.1, 0.15) is 92.1 Å². The van der Waals surface area contributed by atoms with Gasteiger partial charge in [0.05, 0.1) is 6.04 Å². The van der Waals surface area contributed by atoms with Gasteiger partial charge in [-0.1, -0.05) is 97.2 Å². The van der Waals surface area contributed by atoms with Crippen molar-refractivity contribution in [2.24, 2.45) is 23.2 Å². The second kappa shape index (κ2) is 18.7. The second-order valence-corrected chi connectivity index (χ2v) is 15.0. The SMILES string of the molecule is C=CCNC(=O)C(=O)C(CCC)NC(=O)[C@@H]1C[C@@H](C(C)C)CN1C(=O)[C@@H](NC(=O)N[C@H](C(=O)OCc1ccccc1)C1CCCC1)C(C)(C)C. The van der Waals surface area contributed by atoms with Gasteiger partial charge in [0.15, 0.2) is 0 Å². The molecule has 2 fully saturated rings. The normalized spacial score (nSPS) is 19.6. The quantitative estimate of drug-likeness (QED) is 0.115. The van der Waals surface area contributed by atoms with Crippen LogP contribution in [0, 0.1) is 23.2 Å². The zero-order valence-corrected chi connectivity index (χ0v) is 30.6. The third kappa shape index (κ3) is 11.1. The molecule has 1 heterocycles. The summed E-state index contributed by atoms with van der Waals surface area (Å²) in [6.45, 7) is 15.4. The third-order valence-electron chi connectivity index (χ3n) is 9.73. The number of carbonyl (C=O) groups is 6. The number of esters is 1. The Bertz CT molecular complexity index is 1350. The lowest BCUT2D eigenvalue weighted by atomic mass is 9.85. The smallest absolute Gasteiger partial charge is 0.329 e. The summed E-state index contributed by atoms with van der Waals surface area (Å²) in [6, 6.07) is 4.74. The molecule has 5 atom stereocenters. The topological polar surface area (TPSA) is 163 Å². The molecule has 1 aliphatic heterocycles. The van der Waals surface area contributed by atoms with Crippen molar-refractivity contribution in [3.63, 3.8) is 0 Å². The fraction of sp³-hybridized carbons (Fsp3) is 0.632. The van der Waals surface area contributed by atoms with Crippen molar-refractivity contribution >= 4 is 35.5 Å². The molecule has 1 aliphatic carbocycles. The monoisotopic (exact) mass is 695 g/mol. The average molecular weight is 696 g/mol. The van der Waals surface area contributed by atoms with Crippen molar-refractivity contribution in [3.8, 4) is 0 Å². The van der Waals surface area contributed by atoms with Crippen LogP contribution in [-0.2, 0) is 35.3 Å². The van der Waals surface area contributed by atoms with Gasteiger partial charge in [0, 0.05) is 13.1 Å². The highest BCUT2D eigenvalue weighted by atomic mass is 16.5. The predicted octanol–water partition coefficient (Wildman–Crippen LogP) is 4.03. The van der Waals surface area contributed by atoms with Crippen LogP contribution in [0.2, 0.25) is 0 Å². The molecule has 3 rings (SSSR count). The fourth-order valence-corrected chi connectivity index (χ4v) is 6.69. The Morgan fingerprint density at radius 1 is 0.980 bits per heavy atom. The summed E-state index contributed by atoms with van der Waals surface area (Å²) >= 11 is 0. The minimum Gasteiger partial charge on any atom is -0.459 e. The molecule has 50 heavy (non-hydrogen) atoms. The summed E-state index contributed by atoms with van der Waals surface area (Å²) < 4.78 is 5.62. The fourth-order valence-electron chi connectivity index (χ4n) is 6.69. The molecule has 4 N–H and O–H groups in total. The number of nitrogens with one attached hydrogen (secondary N) is 4. The lowest BCUT2D eigenvalue weighted by molar-refractivity contribution is -0.148. The molecule has 1 aromatic rings. The number of rotatable bonds is 16. The first-order valence-corrected chi connectivity index (χ1v) is 18.0. The van der Waals surface area contributed by atoms with E-state index in [0.29, 0.717) is 12.8 Å². The van der Waals surface area contributed by atoms with E-state index in [9.17, 15) is 28.8 Å². The maximum atomic E-state index is 14.4. The first-order chi connectivity index (χ1) is 23.7. The summed E-state index contributed by atoms with van der Waals surface area (Å²) in [7, 11) is 0. The maximum absolute atomic E-state index is 14.4. The molecule has 276 valence electrons. The van der Waals surface area contributed by atoms with Crippen molar-refractivity contribution < 1.29 is 33.5 Å². The third-order valence-corrected chi connectivity index (χ3v) is 9.73. The number of ketones is 1. The Labute approximate surface area is 296 Å². The van der Waals surface area contributed by atoms with E-state index in [0.717, 1.165) is 31.2 Å². The Morgan fingerprint density at radius 2 is 1.64 bits per heavy atom. The van der Waals surface area contributed by atoms with Gasteiger partial charge in [-0.3, -0.25) is 19.2 Å². The van der Waals surface area contributed by atoms with Crippen molar-refractivity contribution in [1.29, 1.82) is 0 Å². The summed E-state index contributed by atoms with van der Waals surface area (Å²) in [6.07, 6.45) is 6.04.